The van der Waals surface area contributed by atoms with Gasteiger partial charge in [-0.3, -0.25) is 9.59 Å². The molecule has 10 heteroatoms. The van der Waals surface area contributed by atoms with Crippen LogP contribution in [0.2, 0.25) is 0 Å². The van der Waals surface area contributed by atoms with E-state index in [1.165, 1.54) is 12.1 Å². The average molecular weight is 569 g/mol. The Morgan fingerprint density at radius 1 is 1.00 bits per heavy atom. The molecule has 1 atom stereocenters. The van der Waals surface area contributed by atoms with E-state index >= 15 is 0 Å². The molecule has 0 aliphatic carbocycles. The van der Waals surface area contributed by atoms with Crippen LogP contribution in [-0.4, -0.2) is 52.3 Å². The number of piperazine rings is 1. The van der Waals surface area contributed by atoms with Crippen molar-refractivity contribution in [1.29, 1.82) is 0 Å². The summed E-state index contributed by atoms with van der Waals surface area (Å²) in [4.78, 5) is 33.1. The number of para-hydroxylation sites is 1. The number of anilines is 1. The van der Waals surface area contributed by atoms with Crippen LogP contribution in [0.5, 0.6) is 0 Å². The summed E-state index contributed by atoms with van der Waals surface area (Å²) in [6, 6.07) is 19.6. The minimum absolute atomic E-state index is 0. The zero-order valence-electron chi connectivity index (χ0n) is 21.4. The Bertz CT molecular complexity index is 1540. The Morgan fingerprint density at radius 2 is 1.73 bits per heavy atom. The fourth-order valence-electron chi connectivity index (χ4n) is 4.99. The van der Waals surface area contributed by atoms with Crippen molar-refractivity contribution in [2.24, 2.45) is 0 Å². The predicted molar refractivity (Wildman–Crippen MR) is 152 cm³/mol. The standard InChI is InChI=1S/C30H27F3N4O2.ClH/c31-30(32,33)23-14-21(15-24(34)17-23)29(39)37-13-12-36(28(38)11-10-20-6-2-1-3-7-20)19-25(37)16-22-18-35-27-9-5-4-8-26(22)27;/h1-11,14-15,17-18,25,35H,12-13,16,19,34H2;1H. The molecule has 40 heavy (non-hydrogen) atoms. The molecule has 0 radical (unpaired) electrons. The van der Waals surface area contributed by atoms with Crippen molar-refractivity contribution in [3.63, 3.8) is 0 Å². The molecule has 0 spiro atoms. The van der Waals surface area contributed by atoms with Gasteiger partial charge in [0.1, 0.15) is 0 Å². The molecule has 3 aromatic carbocycles. The third-order valence-corrected chi connectivity index (χ3v) is 6.93. The normalized spacial score (nSPS) is 15.8. The van der Waals surface area contributed by atoms with Crippen molar-refractivity contribution >= 4 is 46.9 Å². The molecule has 1 aliphatic rings. The van der Waals surface area contributed by atoms with Crippen molar-refractivity contribution in [2.45, 2.75) is 18.6 Å². The molecule has 208 valence electrons. The molecular weight excluding hydrogens is 541 g/mol. The van der Waals surface area contributed by atoms with E-state index in [0.717, 1.165) is 34.2 Å². The molecule has 5 rings (SSSR count). The highest BCUT2D eigenvalue weighted by atomic mass is 35.5. The summed E-state index contributed by atoms with van der Waals surface area (Å²) < 4.78 is 40.3. The summed E-state index contributed by atoms with van der Waals surface area (Å²) in [5.41, 5.74) is 7.27. The topological polar surface area (TPSA) is 82.4 Å². The van der Waals surface area contributed by atoms with Crippen LogP contribution in [0.4, 0.5) is 18.9 Å². The lowest BCUT2D eigenvalue weighted by molar-refractivity contribution is -0.137. The fourth-order valence-corrected chi connectivity index (χ4v) is 4.99. The number of rotatable bonds is 5. The third kappa shape index (κ3) is 6.31. The number of nitrogens with zero attached hydrogens (tertiary/aromatic N) is 2. The van der Waals surface area contributed by atoms with Crippen LogP contribution in [-0.2, 0) is 17.4 Å². The minimum Gasteiger partial charge on any atom is -0.399 e. The number of benzene rings is 3. The van der Waals surface area contributed by atoms with Crippen LogP contribution >= 0.6 is 12.4 Å². The molecule has 1 aromatic heterocycles. The summed E-state index contributed by atoms with van der Waals surface area (Å²) in [5.74, 6) is -0.747. The fraction of sp³-hybridized carbons (Fsp3) is 0.200. The summed E-state index contributed by atoms with van der Waals surface area (Å²) in [7, 11) is 0. The van der Waals surface area contributed by atoms with Gasteiger partial charge in [0, 0.05) is 54.1 Å². The number of halogens is 4. The van der Waals surface area contributed by atoms with Gasteiger partial charge in [-0.15, -0.1) is 12.4 Å². The van der Waals surface area contributed by atoms with E-state index in [-0.39, 0.29) is 49.2 Å². The zero-order valence-corrected chi connectivity index (χ0v) is 22.2. The Balaban J connectivity index is 0.00000370. The number of aromatic amines is 1. The van der Waals surface area contributed by atoms with Crippen LogP contribution in [0.1, 0.15) is 27.0 Å². The first-order valence-electron chi connectivity index (χ1n) is 12.5. The molecule has 6 nitrogen and oxygen atoms in total. The van der Waals surface area contributed by atoms with Crippen molar-refractivity contribution in [1.82, 2.24) is 14.8 Å². The number of H-pyrrole nitrogens is 1. The van der Waals surface area contributed by atoms with Crippen LogP contribution in [0.15, 0.2) is 85.1 Å². The summed E-state index contributed by atoms with van der Waals surface area (Å²) in [5, 5.41) is 0.987. The number of nitrogen functional groups attached to an aromatic ring is 1. The van der Waals surface area contributed by atoms with Gasteiger partial charge in [0.25, 0.3) is 5.91 Å². The predicted octanol–water partition coefficient (Wildman–Crippen LogP) is 5.80. The maximum Gasteiger partial charge on any atom is 0.416 e. The zero-order chi connectivity index (χ0) is 27.6. The molecule has 0 saturated carbocycles. The molecule has 3 N–H and O–H groups in total. The highest BCUT2D eigenvalue weighted by Crippen LogP contribution is 2.32. The largest absolute Gasteiger partial charge is 0.416 e. The molecule has 1 saturated heterocycles. The number of carbonyl (C=O) groups excluding carboxylic acids is 2. The van der Waals surface area contributed by atoms with Gasteiger partial charge in [-0.1, -0.05) is 48.5 Å². The van der Waals surface area contributed by atoms with E-state index in [9.17, 15) is 22.8 Å². The molecule has 4 aromatic rings. The smallest absolute Gasteiger partial charge is 0.399 e. The van der Waals surface area contributed by atoms with Crippen LogP contribution in [0, 0.1) is 0 Å². The van der Waals surface area contributed by atoms with Gasteiger partial charge in [0.2, 0.25) is 5.91 Å². The van der Waals surface area contributed by atoms with E-state index in [2.05, 4.69) is 4.98 Å². The molecule has 2 amide bonds. The maximum absolute atomic E-state index is 13.6. The van der Waals surface area contributed by atoms with Gasteiger partial charge in [-0.05, 0) is 47.9 Å². The number of aromatic nitrogens is 1. The van der Waals surface area contributed by atoms with E-state index in [1.807, 2.05) is 60.8 Å². The molecule has 2 heterocycles. The van der Waals surface area contributed by atoms with Crippen LogP contribution in [0.3, 0.4) is 0 Å². The lowest BCUT2D eigenvalue weighted by Crippen LogP contribution is -2.57. The van der Waals surface area contributed by atoms with Crippen LogP contribution < -0.4 is 5.73 Å². The van der Waals surface area contributed by atoms with Crippen molar-refractivity contribution < 1.29 is 22.8 Å². The number of fused-ring (bicyclic) bond motifs is 1. The van der Waals surface area contributed by atoms with E-state index in [0.29, 0.717) is 6.42 Å². The van der Waals surface area contributed by atoms with Gasteiger partial charge >= 0.3 is 6.18 Å². The molecular formula is C30H28ClF3N4O2. The second-order valence-electron chi connectivity index (χ2n) is 9.59. The van der Waals surface area contributed by atoms with E-state index < -0.39 is 23.7 Å². The van der Waals surface area contributed by atoms with Crippen molar-refractivity contribution in [3.05, 3.63) is 107 Å². The highest BCUT2D eigenvalue weighted by Gasteiger charge is 2.35. The molecule has 1 unspecified atom stereocenters. The Labute approximate surface area is 235 Å². The van der Waals surface area contributed by atoms with Gasteiger partial charge < -0.3 is 20.5 Å². The minimum atomic E-state index is -4.63. The lowest BCUT2D eigenvalue weighted by atomic mass is 9.99. The van der Waals surface area contributed by atoms with Crippen LogP contribution in [0.25, 0.3) is 17.0 Å². The van der Waals surface area contributed by atoms with Gasteiger partial charge in [0.05, 0.1) is 11.6 Å². The average Bonchev–Trinajstić information content (AvgIpc) is 3.34. The second-order valence-corrected chi connectivity index (χ2v) is 9.59. The first-order valence-corrected chi connectivity index (χ1v) is 12.5. The van der Waals surface area contributed by atoms with Gasteiger partial charge in [-0.25, -0.2) is 0 Å². The van der Waals surface area contributed by atoms with E-state index in [4.69, 9.17) is 5.73 Å². The van der Waals surface area contributed by atoms with Gasteiger partial charge in [-0.2, -0.15) is 13.2 Å². The Kier molecular flexibility index (Phi) is 8.54. The number of amides is 2. The molecule has 1 fully saturated rings. The second kappa shape index (κ2) is 11.9. The number of carbonyl (C=O) groups is 2. The van der Waals surface area contributed by atoms with Crippen molar-refractivity contribution in [2.75, 3.05) is 25.4 Å². The summed E-state index contributed by atoms with van der Waals surface area (Å²) >= 11 is 0. The number of alkyl halides is 3. The SMILES string of the molecule is Cl.Nc1cc(C(=O)N2CCN(C(=O)C=Cc3ccccc3)CC2Cc2c[nH]c3ccccc23)cc(C(F)(F)F)c1. The first-order chi connectivity index (χ1) is 18.7. The Morgan fingerprint density at radius 3 is 2.48 bits per heavy atom. The molecule has 1 aliphatic heterocycles. The lowest BCUT2D eigenvalue weighted by Gasteiger charge is -2.41. The number of nitrogens with one attached hydrogen (secondary N) is 1. The molecule has 0 bridgehead atoms. The summed E-state index contributed by atoms with van der Waals surface area (Å²) in [6.07, 6.45) is 0.884. The monoisotopic (exact) mass is 568 g/mol. The number of hydrogen-bond donors (Lipinski definition) is 2. The highest BCUT2D eigenvalue weighted by molar-refractivity contribution is 5.96. The Hall–Kier alpha value is -4.24. The van der Waals surface area contributed by atoms with Crippen molar-refractivity contribution in [3.8, 4) is 0 Å². The first kappa shape index (κ1) is 28.8. The third-order valence-electron chi connectivity index (χ3n) is 6.93. The van der Waals surface area contributed by atoms with Gasteiger partial charge in [0.15, 0.2) is 0 Å². The summed E-state index contributed by atoms with van der Waals surface area (Å²) in [6.45, 7) is 0.660. The number of nitrogens with two attached hydrogens (primary N) is 1. The number of hydrogen-bond acceptors (Lipinski definition) is 3. The maximum atomic E-state index is 13.6. The quantitative estimate of drug-likeness (QED) is 0.236. The van der Waals surface area contributed by atoms with E-state index in [1.54, 1.807) is 15.9 Å².